The van der Waals surface area contributed by atoms with Gasteiger partial charge in [0.05, 0.1) is 11.0 Å². The number of para-hydroxylation sites is 1. The zero-order valence-electron chi connectivity index (χ0n) is 18.6. The van der Waals surface area contributed by atoms with Crippen LogP contribution in [0.5, 0.6) is 0 Å². The predicted molar refractivity (Wildman–Crippen MR) is 150 cm³/mol. The van der Waals surface area contributed by atoms with E-state index in [0.717, 1.165) is 11.2 Å². The van der Waals surface area contributed by atoms with E-state index in [-0.39, 0.29) is 0 Å². The van der Waals surface area contributed by atoms with Crippen LogP contribution in [0.3, 0.4) is 0 Å². The first-order valence-corrected chi connectivity index (χ1v) is 12.7. The Hall–Kier alpha value is -4.34. The number of pyridine rings is 1. The van der Waals surface area contributed by atoms with E-state index in [1.54, 1.807) is 0 Å². The number of aromatic nitrogens is 1. The van der Waals surface area contributed by atoms with Crippen LogP contribution >= 0.6 is 11.3 Å². The van der Waals surface area contributed by atoms with Crippen LogP contribution in [0.1, 0.15) is 0 Å². The maximum absolute atomic E-state index is 6.34. The summed E-state index contributed by atoms with van der Waals surface area (Å²) >= 11 is 1.90. The molecule has 2 nitrogen and oxygen atoms in total. The fourth-order valence-corrected chi connectivity index (χ4v) is 7.30. The molecule has 0 atom stereocenters. The first kappa shape index (κ1) is 18.0. The van der Waals surface area contributed by atoms with E-state index in [0.29, 0.717) is 0 Å². The van der Waals surface area contributed by atoms with Crippen molar-refractivity contribution in [1.82, 2.24) is 4.40 Å². The highest BCUT2D eigenvalue weighted by molar-refractivity contribution is 7.26. The largest absolute Gasteiger partial charge is 0.456 e. The van der Waals surface area contributed by atoms with Gasteiger partial charge in [-0.05, 0) is 35.7 Å². The first-order valence-electron chi connectivity index (χ1n) is 11.9. The van der Waals surface area contributed by atoms with Crippen LogP contribution in [0, 0.1) is 0 Å². The number of furan rings is 1. The molecule has 5 aromatic carbocycles. The quantitative estimate of drug-likeness (QED) is 0.205. The molecule has 0 aliphatic rings. The molecule has 0 spiro atoms. The van der Waals surface area contributed by atoms with Gasteiger partial charge in [0.15, 0.2) is 0 Å². The highest BCUT2D eigenvalue weighted by atomic mass is 32.1. The van der Waals surface area contributed by atoms with Crippen molar-refractivity contribution >= 4 is 91.4 Å². The molecule has 0 N–H and O–H groups in total. The van der Waals surface area contributed by atoms with E-state index in [1.807, 2.05) is 17.4 Å². The summed E-state index contributed by atoms with van der Waals surface area (Å²) in [6.45, 7) is 0. The van der Waals surface area contributed by atoms with Crippen LogP contribution in [0.15, 0.2) is 108 Å². The van der Waals surface area contributed by atoms with Crippen molar-refractivity contribution in [3.63, 3.8) is 0 Å². The van der Waals surface area contributed by atoms with Gasteiger partial charge < -0.3 is 8.82 Å². The zero-order valence-corrected chi connectivity index (χ0v) is 19.4. The minimum Gasteiger partial charge on any atom is -0.456 e. The third-order valence-corrected chi connectivity index (χ3v) is 8.75. The highest BCUT2D eigenvalue weighted by Gasteiger charge is 2.19. The molecular formula is C32H17NOS. The van der Waals surface area contributed by atoms with Crippen molar-refractivity contribution in [3.05, 3.63) is 103 Å². The number of nitrogens with zero attached hydrogens (tertiary/aromatic N) is 1. The molecule has 3 heteroatoms. The monoisotopic (exact) mass is 463 g/mol. The van der Waals surface area contributed by atoms with Gasteiger partial charge in [0, 0.05) is 58.7 Å². The summed E-state index contributed by atoms with van der Waals surface area (Å²) in [6, 6.07) is 35.0. The Morgan fingerprint density at radius 1 is 0.571 bits per heavy atom. The third-order valence-electron chi connectivity index (χ3n) is 7.55. The molecule has 162 valence electrons. The van der Waals surface area contributed by atoms with Crippen LogP contribution in [0.4, 0.5) is 0 Å². The molecule has 4 heterocycles. The average molecular weight is 464 g/mol. The number of rotatable bonds is 0. The number of fused-ring (bicyclic) bond motifs is 15. The number of hydrogen-bond acceptors (Lipinski definition) is 2. The maximum atomic E-state index is 6.34. The van der Waals surface area contributed by atoms with Gasteiger partial charge >= 0.3 is 0 Å². The molecule has 0 fully saturated rings. The maximum Gasteiger partial charge on any atom is 0.136 e. The van der Waals surface area contributed by atoms with E-state index in [1.165, 1.54) is 68.9 Å². The van der Waals surface area contributed by atoms with Gasteiger partial charge in [-0.3, -0.25) is 0 Å². The zero-order chi connectivity index (χ0) is 22.7. The van der Waals surface area contributed by atoms with Gasteiger partial charge in [-0.15, -0.1) is 11.3 Å². The van der Waals surface area contributed by atoms with Gasteiger partial charge in [-0.25, -0.2) is 0 Å². The van der Waals surface area contributed by atoms with Crippen LogP contribution in [-0.2, 0) is 0 Å². The van der Waals surface area contributed by atoms with Gasteiger partial charge in [0.1, 0.15) is 11.2 Å². The summed E-state index contributed by atoms with van der Waals surface area (Å²) in [5, 5.41) is 11.4. The van der Waals surface area contributed by atoms with Gasteiger partial charge in [-0.2, -0.15) is 0 Å². The summed E-state index contributed by atoms with van der Waals surface area (Å²) in [5.41, 5.74) is 4.36. The van der Waals surface area contributed by atoms with Crippen molar-refractivity contribution < 1.29 is 4.42 Å². The molecule has 0 bridgehead atoms. The lowest BCUT2D eigenvalue weighted by molar-refractivity contribution is 0.669. The Morgan fingerprint density at radius 3 is 2.31 bits per heavy atom. The normalized spacial score (nSPS) is 12.6. The molecule has 0 amide bonds. The minimum absolute atomic E-state index is 0.936. The van der Waals surface area contributed by atoms with Crippen LogP contribution < -0.4 is 0 Å². The second-order valence-electron chi connectivity index (χ2n) is 9.36. The molecule has 35 heavy (non-hydrogen) atoms. The van der Waals surface area contributed by atoms with Crippen LogP contribution in [0.25, 0.3) is 80.1 Å². The Labute approximate surface area is 203 Å². The van der Waals surface area contributed by atoms with Crippen molar-refractivity contribution in [1.29, 1.82) is 0 Å². The smallest absolute Gasteiger partial charge is 0.136 e. The van der Waals surface area contributed by atoms with Crippen molar-refractivity contribution in [3.8, 4) is 0 Å². The van der Waals surface area contributed by atoms with Crippen molar-refractivity contribution in [2.75, 3.05) is 0 Å². The molecule has 0 saturated heterocycles. The Kier molecular flexibility index (Phi) is 3.20. The SMILES string of the molecule is c1ccc2c(c1)cn1c3ccc4c5ccccc5sc4c3c3cc4c(cc3c21)oc1ccccc14. The molecule has 4 aromatic heterocycles. The third kappa shape index (κ3) is 2.20. The Morgan fingerprint density at radius 2 is 1.37 bits per heavy atom. The Bertz CT molecular complexity index is 2330. The summed E-state index contributed by atoms with van der Waals surface area (Å²) in [7, 11) is 0. The second-order valence-corrected chi connectivity index (χ2v) is 10.4. The standard InChI is InChI=1S/C32H17NOS/c1-2-8-19-18(7-1)17-33-26-14-13-22-21-10-4-6-12-29(21)35-32(22)30(26)24-15-23-20-9-3-5-11-27(20)34-28(23)16-25(24)31(19)33/h1-17H. The van der Waals surface area contributed by atoms with Crippen LogP contribution in [-0.4, -0.2) is 4.40 Å². The molecule has 0 unspecified atom stereocenters. The average Bonchev–Trinajstić information content (AvgIpc) is 3.58. The fourth-order valence-electron chi connectivity index (χ4n) is 6.04. The van der Waals surface area contributed by atoms with Crippen LogP contribution in [0.2, 0.25) is 0 Å². The fraction of sp³-hybridized carbons (Fsp3) is 0. The molecule has 0 aliphatic heterocycles. The summed E-state index contributed by atoms with van der Waals surface area (Å²) < 4.78 is 11.4. The lowest BCUT2D eigenvalue weighted by atomic mass is 9.99. The summed E-state index contributed by atoms with van der Waals surface area (Å²) in [6.07, 6.45) is 2.29. The van der Waals surface area contributed by atoms with Gasteiger partial charge in [0.25, 0.3) is 0 Å². The summed E-state index contributed by atoms with van der Waals surface area (Å²) in [4.78, 5) is 0. The lowest BCUT2D eigenvalue weighted by Gasteiger charge is -2.11. The number of hydrogen-bond donors (Lipinski definition) is 0. The topological polar surface area (TPSA) is 17.6 Å². The van der Waals surface area contributed by atoms with Crippen molar-refractivity contribution in [2.45, 2.75) is 0 Å². The van der Waals surface area contributed by atoms with Gasteiger partial charge in [-0.1, -0.05) is 66.7 Å². The van der Waals surface area contributed by atoms with E-state index in [9.17, 15) is 0 Å². The summed E-state index contributed by atoms with van der Waals surface area (Å²) in [5.74, 6) is 0. The molecule has 9 aromatic rings. The highest BCUT2D eigenvalue weighted by Crippen LogP contribution is 2.45. The molecule has 0 saturated carbocycles. The number of benzene rings is 5. The molecule has 0 aliphatic carbocycles. The predicted octanol–water partition coefficient (Wildman–Crippen LogP) is 9.67. The molecule has 0 radical (unpaired) electrons. The lowest BCUT2D eigenvalue weighted by Crippen LogP contribution is -1.90. The van der Waals surface area contributed by atoms with Gasteiger partial charge in [0.2, 0.25) is 0 Å². The molecular weight excluding hydrogens is 446 g/mol. The minimum atomic E-state index is 0.936. The number of thiophene rings is 1. The van der Waals surface area contributed by atoms with E-state index in [2.05, 4.69) is 102 Å². The van der Waals surface area contributed by atoms with E-state index < -0.39 is 0 Å². The first-order chi connectivity index (χ1) is 17.3. The van der Waals surface area contributed by atoms with E-state index in [4.69, 9.17) is 4.42 Å². The Balaban J connectivity index is 1.64. The van der Waals surface area contributed by atoms with Crippen molar-refractivity contribution in [2.24, 2.45) is 0 Å². The van der Waals surface area contributed by atoms with E-state index >= 15 is 0 Å². The molecule has 9 rings (SSSR count). The second kappa shape index (κ2) is 6.21.